The van der Waals surface area contributed by atoms with E-state index in [1.54, 1.807) is 41.5 Å². The summed E-state index contributed by atoms with van der Waals surface area (Å²) in [5.74, 6) is -2.70. The fourth-order valence-corrected chi connectivity index (χ4v) is 9.87. The third-order valence-electron chi connectivity index (χ3n) is 9.62. The topological polar surface area (TPSA) is 195 Å². The average Bonchev–Trinajstić information content (AvgIpc) is 3.47. The number of carbonyl (C=O) groups is 5. The van der Waals surface area contributed by atoms with Crippen molar-refractivity contribution in [1.29, 1.82) is 0 Å². The van der Waals surface area contributed by atoms with Crippen LogP contribution in [-0.2, 0) is 52.2 Å². The lowest BCUT2D eigenvalue weighted by molar-refractivity contribution is -0.189. The molecular formula is C38H47N5O9S2. The standard InChI is InChI=1S/C38H47N5O9S2/c1-7-10-25-21(8-2)13-22-16-43-28(32(22)41-25)14-24-23(34(43)47)17-51-36(50)38(24,9-3)52-31(45)15-39-33(46)26(40-20-44)18-53-29-11-12-30(29)54-19-27(35(48)49)42-37(4,5)6/h7-8,10,13-14,20,26-27,29-30,42H,1,9,11-12,15-19H2,2-6H3,(H,39,46)(H,40,44)(H,48,49)/b21-8-,25-10+/t26?,27?,29?,30?,38-/m0/s1. The predicted octanol–water partition coefficient (Wildman–Crippen LogP) is 1.31. The van der Waals surface area contributed by atoms with Crippen molar-refractivity contribution in [2.45, 2.75) is 101 Å². The Bertz CT molecular complexity index is 2030. The summed E-state index contributed by atoms with van der Waals surface area (Å²) < 4.78 is 12.8. The highest BCUT2D eigenvalue weighted by Gasteiger charge is 2.50. The first kappa shape index (κ1) is 40.8. The van der Waals surface area contributed by atoms with Crippen LogP contribution in [0, 0.1) is 0 Å². The van der Waals surface area contributed by atoms with Gasteiger partial charge in [0.15, 0.2) is 0 Å². The summed E-state index contributed by atoms with van der Waals surface area (Å²) in [7, 11) is 0. The van der Waals surface area contributed by atoms with Crippen molar-refractivity contribution >= 4 is 65.9 Å². The summed E-state index contributed by atoms with van der Waals surface area (Å²) in [6.07, 6.45) is 7.46. The van der Waals surface area contributed by atoms with Gasteiger partial charge in [0, 0.05) is 38.7 Å². The molecule has 16 heteroatoms. The van der Waals surface area contributed by atoms with Crippen LogP contribution in [0.3, 0.4) is 0 Å². The quantitative estimate of drug-likeness (QED) is 0.120. The molecule has 54 heavy (non-hydrogen) atoms. The Morgan fingerprint density at radius 3 is 2.43 bits per heavy atom. The molecule has 1 fully saturated rings. The van der Waals surface area contributed by atoms with Gasteiger partial charge in [-0.25, -0.2) is 9.78 Å². The summed E-state index contributed by atoms with van der Waals surface area (Å²) in [6.45, 7) is 12.4. The van der Waals surface area contributed by atoms with Crippen LogP contribution in [0.5, 0.6) is 0 Å². The molecule has 0 spiro atoms. The molecule has 14 nitrogen and oxygen atoms in total. The van der Waals surface area contributed by atoms with E-state index >= 15 is 0 Å². The van der Waals surface area contributed by atoms with Crippen molar-refractivity contribution in [3.63, 3.8) is 0 Å². The van der Waals surface area contributed by atoms with Gasteiger partial charge in [-0.3, -0.25) is 29.3 Å². The van der Waals surface area contributed by atoms with Gasteiger partial charge in [0.05, 0.1) is 28.8 Å². The summed E-state index contributed by atoms with van der Waals surface area (Å²) in [5.41, 5.74) is -0.434. The fourth-order valence-electron chi connectivity index (χ4n) is 6.74. The number of nitrogens with zero attached hydrogens (tertiary/aromatic N) is 2. The van der Waals surface area contributed by atoms with E-state index in [9.17, 15) is 33.9 Å². The highest BCUT2D eigenvalue weighted by atomic mass is 32.2. The van der Waals surface area contributed by atoms with Crippen LogP contribution in [-0.4, -0.2) is 91.1 Å². The Kier molecular flexibility index (Phi) is 12.8. The van der Waals surface area contributed by atoms with Crippen LogP contribution < -0.4 is 32.1 Å². The van der Waals surface area contributed by atoms with Crippen molar-refractivity contribution < 1.29 is 38.6 Å². The minimum atomic E-state index is -1.95. The Balaban J connectivity index is 1.26. The number of thioether (sulfide) groups is 2. The molecule has 1 saturated carbocycles. The molecule has 0 aromatic carbocycles. The molecule has 0 saturated heterocycles. The Hall–Kier alpha value is -4.41. The Morgan fingerprint density at radius 2 is 1.85 bits per heavy atom. The van der Waals surface area contributed by atoms with E-state index in [2.05, 4.69) is 22.5 Å². The first-order valence-corrected chi connectivity index (χ1v) is 19.9. The lowest BCUT2D eigenvalue weighted by Crippen LogP contribution is -2.51. The number of aromatic nitrogens is 2. The van der Waals surface area contributed by atoms with Crippen molar-refractivity contribution in [3.8, 4) is 11.4 Å². The molecule has 0 bridgehead atoms. The van der Waals surface area contributed by atoms with Gasteiger partial charge >= 0.3 is 17.9 Å². The maximum atomic E-state index is 13.8. The van der Waals surface area contributed by atoms with Crippen molar-refractivity contribution in [1.82, 2.24) is 25.5 Å². The van der Waals surface area contributed by atoms with Gasteiger partial charge in [0.1, 0.15) is 25.2 Å². The maximum absolute atomic E-state index is 13.8. The van der Waals surface area contributed by atoms with E-state index in [0.29, 0.717) is 28.9 Å². The Labute approximate surface area is 321 Å². The average molecular weight is 782 g/mol. The number of carboxylic acid groups (broad SMARTS) is 1. The third kappa shape index (κ3) is 8.60. The highest BCUT2D eigenvalue weighted by molar-refractivity contribution is 8.04. The van der Waals surface area contributed by atoms with Crippen molar-refractivity contribution in [3.05, 3.63) is 62.4 Å². The number of cyclic esters (lactones) is 1. The largest absolute Gasteiger partial charge is 0.480 e. The molecule has 2 aliphatic heterocycles. The number of hydrogen-bond acceptors (Lipinski definition) is 12. The zero-order chi connectivity index (χ0) is 39.4. The number of pyridine rings is 2. The molecule has 2 aromatic rings. The van der Waals surface area contributed by atoms with Crippen LogP contribution in [0.4, 0.5) is 0 Å². The van der Waals surface area contributed by atoms with Gasteiger partial charge in [-0.05, 0) is 70.4 Å². The van der Waals surface area contributed by atoms with E-state index in [0.717, 1.165) is 23.6 Å². The summed E-state index contributed by atoms with van der Waals surface area (Å²) >= 11 is 3.07. The molecule has 3 aliphatic rings. The zero-order valence-corrected chi connectivity index (χ0v) is 32.7. The SMILES string of the molecule is C=C/C=c1/nc2c(c/c1=C/C)Cn1c-2cc2c(c1=O)COC(=O)[C@@]2(CC)OC(=O)CNC(=O)C(CSC1CCC1SCC(NC(C)(C)C)C(=O)O)NC=O. The molecule has 0 radical (unpaired) electrons. The van der Waals surface area contributed by atoms with Gasteiger partial charge < -0.3 is 29.8 Å². The number of nitrogens with one attached hydrogen (secondary N) is 3. The van der Waals surface area contributed by atoms with Gasteiger partial charge in [-0.2, -0.15) is 23.5 Å². The number of carboxylic acids is 1. The van der Waals surface area contributed by atoms with Crippen molar-refractivity contribution in [2.75, 3.05) is 18.1 Å². The first-order valence-electron chi connectivity index (χ1n) is 17.8. The van der Waals surface area contributed by atoms with Gasteiger partial charge in [0.25, 0.3) is 5.56 Å². The molecule has 5 rings (SSSR count). The molecule has 2 amide bonds. The number of rotatable bonds is 16. The van der Waals surface area contributed by atoms with Crippen molar-refractivity contribution in [2.24, 2.45) is 0 Å². The van der Waals surface area contributed by atoms with Crippen LogP contribution in [0.2, 0.25) is 0 Å². The van der Waals surface area contributed by atoms with E-state index in [4.69, 9.17) is 14.5 Å². The fraction of sp³-hybridized carbons (Fsp3) is 0.500. The number of ether oxygens (including phenoxy) is 2. The molecule has 4 unspecified atom stereocenters. The van der Waals surface area contributed by atoms with Crippen LogP contribution >= 0.6 is 23.5 Å². The number of fused-ring (bicyclic) bond motifs is 4. The minimum Gasteiger partial charge on any atom is -0.480 e. The molecule has 4 N–H and O–H groups in total. The zero-order valence-electron chi connectivity index (χ0n) is 31.1. The molecule has 5 atom stereocenters. The monoisotopic (exact) mass is 781 g/mol. The van der Waals surface area contributed by atoms with E-state index in [1.165, 1.54) is 11.8 Å². The summed E-state index contributed by atoms with van der Waals surface area (Å²) in [4.78, 5) is 81.8. The normalized spacial score (nSPS) is 21.8. The lowest BCUT2D eigenvalue weighted by Gasteiger charge is -2.37. The summed E-state index contributed by atoms with van der Waals surface area (Å²) in [5, 5.41) is 19.7. The summed E-state index contributed by atoms with van der Waals surface area (Å²) in [6, 6.07) is 1.95. The van der Waals surface area contributed by atoms with Crippen LogP contribution in [0.1, 0.15) is 70.6 Å². The number of hydrogen-bond donors (Lipinski definition) is 4. The second-order valence-electron chi connectivity index (χ2n) is 14.4. The minimum absolute atomic E-state index is 0.0487. The molecule has 1 aliphatic carbocycles. The highest BCUT2D eigenvalue weighted by Crippen LogP contribution is 2.41. The second-order valence-corrected chi connectivity index (χ2v) is 16.9. The maximum Gasteiger partial charge on any atom is 0.355 e. The molecule has 4 heterocycles. The first-order chi connectivity index (χ1) is 25.7. The van der Waals surface area contributed by atoms with Crippen LogP contribution in [0.25, 0.3) is 23.5 Å². The number of allylic oxidation sites excluding steroid dienone is 1. The predicted molar refractivity (Wildman–Crippen MR) is 207 cm³/mol. The second kappa shape index (κ2) is 16.9. The van der Waals surface area contributed by atoms with Crippen LogP contribution in [0.15, 0.2) is 29.6 Å². The molecule has 2 aromatic heterocycles. The number of amides is 2. The van der Waals surface area contributed by atoms with Gasteiger partial charge in [-0.15, -0.1) is 0 Å². The van der Waals surface area contributed by atoms with E-state index < -0.39 is 48.0 Å². The smallest absolute Gasteiger partial charge is 0.355 e. The number of esters is 2. The molecule has 290 valence electrons. The molecular weight excluding hydrogens is 735 g/mol. The third-order valence-corrected chi connectivity index (χ3v) is 12.8. The van der Waals surface area contributed by atoms with Gasteiger partial charge in [0.2, 0.25) is 17.9 Å². The lowest BCUT2D eigenvalue weighted by atomic mass is 9.85. The van der Waals surface area contributed by atoms with Gasteiger partial charge in [-0.1, -0.05) is 25.7 Å². The number of aliphatic carboxylic acids is 1. The van der Waals surface area contributed by atoms with E-state index in [-0.39, 0.29) is 58.1 Å². The van der Waals surface area contributed by atoms with E-state index in [1.807, 2.05) is 39.8 Å². The number of carbonyl (C=O) groups excluding carboxylic acids is 4. The Morgan fingerprint density at radius 1 is 1.17 bits per heavy atom.